The molecule has 160 valence electrons. The first-order valence-corrected chi connectivity index (χ1v) is 11.7. The molecule has 3 heteroatoms. The molecule has 1 aliphatic heterocycles. The average molecular weight is 382 g/mol. The van der Waals surface area contributed by atoms with E-state index < -0.39 is 0 Å². The Balaban J connectivity index is 2.19. The van der Waals surface area contributed by atoms with Gasteiger partial charge < -0.3 is 4.74 Å². The summed E-state index contributed by atoms with van der Waals surface area (Å²) in [5.74, 6) is -0.0157. The smallest absolute Gasteiger partial charge is 0.306 e. The van der Waals surface area contributed by atoms with E-state index in [0.717, 1.165) is 19.4 Å². The Morgan fingerprint density at radius 2 is 1.37 bits per heavy atom. The van der Waals surface area contributed by atoms with E-state index in [0.29, 0.717) is 6.42 Å². The third kappa shape index (κ3) is 9.45. The molecule has 1 rings (SSSR count). The van der Waals surface area contributed by atoms with Crippen molar-refractivity contribution in [1.82, 2.24) is 4.90 Å². The third-order valence-corrected chi connectivity index (χ3v) is 6.30. The molecule has 0 aliphatic carbocycles. The second-order valence-corrected chi connectivity index (χ2v) is 9.97. The Hall–Kier alpha value is -0.570. The zero-order valence-corrected chi connectivity index (χ0v) is 19.2. The highest BCUT2D eigenvalue weighted by Crippen LogP contribution is 2.38. The fourth-order valence-electron chi connectivity index (χ4n) is 4.69. The number of piperidine rings is 1. The van der Waals surface area contributed by atoms with Gasteiger partial charge in [-0.1, -0.05) is 58.3 Å². The van der Waals surface area contributed by atoms with Gasteiger partial charge in [0.25, 0.3) is 0 Å². The van der Waals surface area contributed by atoms with Gasteiger partial charge in [-0.25, -0.2) is 0 Å². The van der Waals surface area contributed by atoms with Gasteiger partial charge in [0.2, 0.25) is 0 Å². The van der Waals surface area contributed by atoms with E-state index in [-0.39, 0.29) is 23.2 Å². The van der Waals surface area contributed by atoms with Gasteiger partial charge in [0.15, 0.2) is 0 Å². The fraction of sp³-hybridized carbons (Fsp3) is 0.958. The summed E-state index contributed by atoms with van der Waals surface area (Å²) >= 11 is 0. The molecule has 0 amide bonds. The monoisotopic (exact) mass is 381 g/mol. The summed E-state index contributed by atoms with van der Waals surface area (Å²) in [4.78, 5) is 14.7. The highest BCUT2D eigenvalue weighted by molar-refractivity contribution is 5.69. The number of carbonyl (C=O) groups is 1. The van der Waals surface area contributed by atoms with Crippen LogP contribution in [0.25, 0.3) is 0 Å². The van der Waals surface area contributed by atoms with Crippen LogP contribution in [0.5, 0.6) is 0 Å². The number of unbranched alkanes of at least 4 members (excludes halogenated alkanes) is 8. The van der Waals surface area contributed by atoms with Gasteiger partial charge >= 0.3 is 5.97 Å². The molecule has 0 N–H and O–H groups in total. The number of ether oxygens (including phenoxy) is 1. The average Bonchev–Trinajstić information content (AvgIpc) is 2.56. The van der Waals surface area contributed by atoms with E-state index in [1.54, 1.807) is 0 Å². The number of esters is 1. The minimum Gasteiger partial charge on any atom is -0.461 e. The van der Waals surface area contributed by atoms with E-state index in [2.05, 4.69) is 46.4 Å². The number of rotatable bonds is 13. The van der Waals surface area contributed by atoms with Gasteiger partial charge in [-0.05, 0) is 60.3 Å². The summed E-state index contributed by atoms with van der Waals surface area (Å²) in [6, 6.07) is 0. The lowest BCUT2D eigenvalue weighted by molar-refractivity contribution is -0.152. The molecule has 1 fully saturated rings. The van der Waals surface area contributed by atoms with Crippen molar-refractivity contribution in [2.75, 3.05) is 6.54 Å². The highest BCUT2D eigenvalue weighted by Gasteiger charge is 2.41. The molecule has 1 saturated heterocycles. The van der Waals surface area contributed by atoms with E-state index in [1.807, 2.05) is 0 Å². The fourth-order valence-corrected chi connectivity index (χ4v) is 4.69. The minimum absolute atomic E-state index is 0.0157. The zero-order valence-electron chi connectivity index (χ0n) is 19.2. The molecule has 1 heterocycles. The van der Waals surface area contributed by atoms with Crippen LogP contribution in [0.4, 0.5) is 0 Å². The normalized spacial score (nSPS) is 20.4. The zero-order chi connectivity index (χ0) is 20.3. The Morgan fingerprint density at radius 3 is 1.89 bits per heavy atom. The number of carbonyl (C=O) groups excluding carboxylic acids is 1. The second-order valence-electron chi connectivity index (χ2n) is 9.97. The Kier molecular flexibility index (Phi) is 11.0. The van der Waals surface area contributed by atoms with Crippen LogP contribution in [0.3, 0.4) is 0 Å². The molecule has 0 saturated carbocycles. The summed E-state index contributed by atoms with van der Waals surface area (Å²) in [7, 11) is 0. The van der Waals surface area contributed by atoms with Crippen LogP contribution in [0.1, 0.15) is 125 Å². The molecule has 0 aromatic heterocycles. The van der Waals surface area contributed by atoms with Crippen molar-refractivity contribution in [2.24, 2.45) is 0 Å². The lowest BCUT2D eigenvalue weighted by Gasteiger charge is -2.53. The van der Waals surface area contributed by atoms with Crippen LogP contribution < -0.4 is 0 Å². The predicted octanol–water partition coefficient (Wildman–Crippen LogP) is 6.88. The van der Waals surface area contributed by atoms with Crippen LogP contribution in [-0.2, 0) is 9.53 Å². The number of hydrogen-bond donors (Lipinski definition) is 0. The maximum Gasteiger partial charge on any atom is 0.306 e. The van der Waals surface area contributed by atoms with Gasteiger partial charge in [-0.15, -0.1) is 0 Å². The molecule has 0 radical (unpaired) electrons. The van der Waals surface area contributed by atoms with Crippen molar-refractivity contribution in [3.8, 4) is 0 Å². The Morgan fingerprint density at radius 1 is 0.889 bits per heavy atom. The van der Waals surface area contributed by atoms with E-state index in [4.69, 9.17) is 4.74 Å². The Labute approximate surface area is 169 Å². The summed E-state index contributed by atoms with van der Waals surface area (Å²) in [6.45, 7) is 14.4. The van der Waals surface area contributed by atoms with Crippen molar-refractivity contribution in [2.45, 2.75) is 142 Å². The van der Waals surface area contributed by atoms with Gasteiger partial charge in [0, 0.05) is 24.0 Å². The molecule has 0 aromatic carbocycles. The van der Waals surface area contributed by atoms with Crippen molar-refractivity contribution in [3.63, 3.8) is 0 Å². The maximum atomic E-state index is 12.2. The van der Waals surface area contributed by atoms with Crippen LogP contribution in [0.2, 0.25) is 0 Å². The summed E-state index contributed by atoms with van der Waals surface area (Å²) in [5, 5.41) is 0. The van der Waals surface area contributed by atoms with Crippen LogP contribution in [0, 0.1) is 0 Å². The lowest BCUT2D eigenvalue weighted by Crippen LogP contribution is -2.60. The molecular formula is C24H47NO2. The standard InChI is InChI=1S/C24H47NO2/c1-7-8-9-10-11-12-13-14-15-17-22(26)27-21(2)20-25-23(3,4)18-16-19-24(25,5)6/h21H,7-20H2,1-6H3. The number of nitrogens with zero attached hydrogens (tertiary/aromatic N) is 1. The molecule has 3 nitrogen and oxygen atoms in total. The van der Waals surface area contributed by atoms with Crippen LogP contribution in [0.15, 0.2) is 0 Å². The summed E-state index contributed by atoms with van der Waals surface area (Å²) in [5.41, 5.74) is 0.360. The van der Waals surface area contributed by atoms with Crippen LogP contribution >= 0.6 is 0 Å². The Bertz CT molecular complexity index is 401. The first kappa shape index (κ1) is 24.5. The number of likely N-dealkylation sites (tertiary alicyclic amines) is 1. The second kappa shape index (κ2) is 12.1. The van der Waals surface area contributed by atoms with Gasteiger partial charge in [0.05, 0.1) is 0 Å². The predicted molar refractivity (Wildman–Crippen MR) is 116 cm³/mol. The molecule has 0 aromatic rings. The van der Waals surface area contributed by atoms with E-state index in [9.17, 15) is 4.79 Å². The van der Waals surface area contributed by atoms with Gasteiger partial charge in [0.1, 0.15) is 6.10 Å². The molecule has 1 unspecified atom stereocenters. The highest BCUT2D eigenvalue weighted by atomic mass is 16.5. The van der Waals surface area contributed by atoms with Gasteiger partial charge in [-0.3, -0.25) is 9.69 Å². The molecule has 1 atom stereocenters. The topological polar surface area (TPSA) is 29.5 Å². The first-order chi connectivity index (χ1) is 12.7. The summed E-state index contributed by atoms with van der Waals surface area (Å²) in [6.07, 6.45) is 15.7. The minimum atomic E-state index is -0.0345. The first-order valence-electron chi connectivity index (χ1n) is 11.7. The largest absolute Gasteiger partial charge is 0.461 e. The molecule has 0 spiro atoms. The van der Waals surface area contributed by atoms with E-state index >= 15 is 0 Å². The van der Waals surface area contributed by atoms with Crippen molar-refractivity contribution in [1.29, 1.82) is 0 Å². The quantitative estimate of drug-likeness (QED) is 0.257. The summed E-state index contributed by atoms with van der Waals surface area (Å²) < 4.78 is 5.73. The SMILES string of the molecule is CCCCCCCCCCCC(=O)OC(C)CN1C(C)(C)CCCC1(C)C. The van der Waals surface area contributed by atoms with Gasteiger partial charge in [-0.2, -0.15) is 0 Å². The molecular weight excluding hydrogens is 334 g/mol. The van der Waals surface area contributed by atoms with Crippen molar-refractivity contribution < 1.29 is 9.53 Å². The molecule has 1 aliphatic rings. The maximum absolute atomic E-state index is 12.2. The van der Waals surface area contributed by atoms with Crippen LogP contribution in [-0.4, -0.2) is 34.6 Å². The molecule has 0 bridgehead atoms. The number of hydrogen-bond acceptors (Lipinski definition) is 3. The molecule has 27 heavy (non-hydrogen) atoms. The lowest BCUT2D eigenvalue weighted by atomic mass is 9.79. The van der Waals surface area contributed by atoms with Crippen molar-refractivity contribution in [3.05, 3.63) is 0 Å². The third-order valence-electron chi connectivity index (χ3n) is 6.30. The van der Waals surface area contributed by atoms with E-state index in [1.165, 1.54) is 64.2 Å². The van der Waals surface area contributed by atoms with Crippen molar-refractivity contribution >= 4 is 5.97 Å².